The summed E-state index contributed by atoms with van der Waals surface area (Å²) in [5, 5.41) is 7.77. The highest BCUT2D eigenvalue weighted by atomic mass is 16.5. The van der Waals surface area contributed by atoms with Crippen LogP contribution in [0, 0.1) is 5.92 Å². The Hall–Kier alpha value is -4.39. The number of hydrogen-bond donors (Lipinski definition) is 1. The van der Waals surface area contributed by atoms with Gasteiger partial charge in [-0.3, -0.25) is 9.59 Å². The molecule has 4 rings (SSSR count). The molecule has 1 aromatic heterocycles. The molecule has 1 N–H and O–H groups in total. The van der Waals surface area contributed by atoms with E-state index in [1.807, 2.05) is 92.7 Å². The molecule has 0 bridgehead atoms. The average Bonchev–Trinajstić information content (AvgIpc) is 3.23. The van der Waals surface area contributed by atoms with Gasteiger partial charge in [0.2, 0.25) is 11.8 Å². The first-order valence-corrected chi connectivity index (χ1v) is 11.3. The molecule has 1 heterocycles. The number of nitrogens with zero attached hydrogens (tertiary/aromatic N) is 2. The largest absolute Gasteiger partial charge is 0.496 e. The third kappa shape index (κ3) is 5.09. The number of ether oxygens (including phenoxy) is 2. The molecule has 1 amide bonds. The summed E-state index contributed by atoms with van der Waals surface area (Å²) in [4.78, 5) is 24.3. The number of methoxy groups -OCH3 is 1. The number of carbonyl (C=O) groups is 2. The topological polar surface area (TPSA) is 82.4 Å². The minimum absolute atomic E-state index is 0.0649. The van der Waals surface area contributed by atoms with E-state index in [-0.39, 0.29) is 11.8 Å². The molecule has 0 unspecified atom stereocenters. The molecule has 0 aliphatic heterocycles. The normalized spacial score (nSPS) is 10.8. The maximum Gasteiger partial charge on any atom is 0.309 e. The van der Waals surface area contributed by atoms with Crippen LogP contribution in [-0.2, 0) is 9.59 Å². The fourth-order valence-electron chi connectivity index (χ4n) is 3.67. The molecule has 35 heavy (non-hydrogen) atoms. The minimum atomic E-state index is -0.462. The van der Waals surface area contributed by atoms with Crippen LogP contribution in [0.5, 0.6) is 11.6 Å². The predicted molar refractivity (Wildman–Crippen MR) is 136 cm³/mol. The smallest absolute Gasteiger partial charge is 0.309 e. The highest BCUT2D eigenvalue weighted by Gasteiger charge is 2.26. The summed E-state index contributed by atoms with van der Waals surface area (Å²) in [5.74, 6) is 0.275. The van der Waals surface area contributed by atoms with Crippen molar-refractivity contribution in [3.05, 3.63) is 78.9 Å². The lowest BCUT2D eigenvalue weighted by Crippen LogP contribution is -2.17. The van der Waals surface area contributed by atoms with Crippen LogP contribution >= 0.6 is 0 Å². The Morgan fingerprint density at radius 1 is 0.914 bits per heavy atom. The number of hydrogen-bond acceptors (Lipinski definition) is 5. The molecule has 0 radical (unpaired) electrons. The van der Waals surface area contributed by atoms with Crippen molar-refractivity contribution in [3.63, 3.8) is 0 Å². The van der Waals surface area contributed by atoms with E-state index in [0.717, 1.165) is 16.8 Å². The van der Waals surface area contributed by atoms with Gasteiger partial charge in [-0.2, -0.15) is 9.78 Å². The SMILES string of the molecule is COc1ccccc1-c1nn(-c2ccccc2)c(OC(C)=O)c1-c1ccc(NC(=O)C(C)C)cc1. The van der Waals surface area contributed by atoms with Gasteiger partial charge < -0.3 is 14.8 Å². The standard InChI is InChI=1S/C28H27N3O4/c1-18(2)27(33)29-21-16-14-20(15-17-21)25-26(23-12-8-9-13-24(23)34-4)30-31(28(25)35-19(3)32)22-10-6-5-7-11-22/h5-18H,1-4H3,(H,29,33). The van der Waals surface area contributed by atoms with Gasteiger partial charge in [-0.15, -0.1) is 0 Å². The molecule has 4 aromatic rings. The molecule has 0 atom stereocenters. The Balaban J connectivity index is 1.94. The van der Waals surface area contributed by atoms with E-state index < -0.39 is 5.97 Å². The molecule has 7 nitrogen and oxygen atoms in total. The number of benzene rings is 3. The summed E-state index contributed by atoms with van der Waals surface area (Å²) in [6.45, 7) is 5.04. The summed E-state index contributed by atoms with van der Waals surface area (Å²) in [6, 6.07) is 24.4. The first kappa shape index (κ1) is 23.8. The quantitative estimate of drug-likeness (QED) is 0.349. The zero-order chi connectivity index (χ0) is 24.9. The second-order valence-corrected chi connectivity index (χ2v) is 8.29. The van der Waals surface area contributed by atoms with E-state index in [0.29, 0.717) is 28.6 Å². The number of esters is 1. The van der Waals surface area contributed by atoms with Crippen LogP contribution in [0.3, 0.4) is 0 Å². The Labute approximate surface area is 204 Å². The molecular weight excluding hydrogens is 442 g/mol. The zero-order valence-electron chi connectivity index (χ0n) is 20.1. The lowest BCUT2D eigenvalue weighted by molar-refractivity contribution is -0.132. The van der Waals surface area contributed by atoms with Crippen molar-refractivity contribution in [3.8, 4) is 39.7 Å². The van der Waals surface area contributed by atoms with Crippen LogP contribution in [0.4, 0.5) is 5.69 Å². The first-order chi connectivity index (χ1) is 16.9. The summed E-state index contributed by atoms with van der Waals surface area (Å²) >= 11 is 0. The van der Waals surface area contributed by atoms with Gasteiger partial charge in [0.25, 0.3) is 0 Å². The number of aromatic nitrogens is 2. The van der Waals surface area contributed by atoms with Gasteiger partial charge in [-0.1, -0.05) is 56.3 Å². The van der Waals surface area contributed by atoms with Crippen molar-refractivity contribution < 1.29 is 19.1 Å². The first-order valence-electron chi connectivity index (χ1n) is 11.3. The van der Waals surface area contributed by atoms with Gasteiger partial charge in [-0.25, -0.2) is 0 Å². The highest BCUT2D eigenvalue weighted by Crippen LogP contribution is 2.43. The molecule has 3 aromatic carbocycles. The van der Waals surface area contributed by atoms with Gasteiger partial charge in [0, 0.05) is 24.1 Å². The molecule has 178 valence electrons. The fourth-order valence-corrected chi connectivity index (χ4v) is 3.67. The number of rotatable bonds is 7. The summed E-state index contributed by atoms with van der Waals surface area (Å²) in [6.07, 6.45) is 0. The second-order valence-electron chi connectivity index (χ2n) is 8.29. The van der Waals surface area contributed by atoms with E-state index in [1.165, 1.54) is 6.92 Å². The highest BCUT2D eigenvalue weighted by molar-refractivity contribution is 5.93. The van der Waals surface area contributed by atoms with Crippen molar-refractivity contribution >= 4 is 17.6 Å². The average molecular weight is 470 g/mol. The summed E-state index contributed by atoms with van der Waals surface area (Å²) < 4.78 is 13.0. The third-order valence-electron chi connectivity index (χ3n) is 5.41. The van der Waals surface area contributed by atoms with Gasteiger partial charge >= 0.3 is 5.97 Å². The number of para-hydroxylation sites is 2. The Bertz CT molecular complexity index is 1340. The van der Waals surface area contributed by atoms with Crippen LogP contribution in [0.25, 0.3) is 28.1 Å². The second kappa shape index (κ2) is 10.3. The fraction of sp³-hybridized carbons (Fsp3) is 0.179. The van der Waals surface area contributed by atoms with E-state index in [1.54, 1.807) is 11.8 Å². The Kier molecular flexibility index (Phi) is 6.96. The number of amides is 1. The lowest BCUT2D eigenvalue weighted by atomic mass is 10.00. The Morgan fingerprint density at radius 2 is 1.57 bits per heavy atom. The van der Waals surface area contributed by atoms with Crippen LogP contribution in [0.15, 0.2) is 78.9 Å². The number of nitrogens with one attached hydrogen (secondary N) is 1. The molecule has 0 fully saturated rings. The van der Waals surface area contributed by atoms with Crippen LogP contribution in [-0.4, -0.2) is 28.8 Å². The summed E-state index contributed by atoms with van der Waals surface area (Å²) in [7, 11) is 1.60. The minimum Gasteiger partial charge on any atom is -0.496 e. The van der Waals surface area contributed by atoms with E-state index in [4.69, 9.17) is 14.6 Å². The van der Waals surface area contributed by atoms with Crippen LogP contribution in [0.1, 0.15) is 20.8 Å². The zero-order valence-corrected chi connectivity index (χ0v) is 20.1. The lowest BCUT2D eigenvalue weighted by Gasteiger charge is -2.12. The van der Waals surface area contributed by atoms with Gasteiger partial charge in [0.05, 0.1) is 18.4 Å². The number of carbonyl (C=O) groups excluding carboxylic acids is 2. The van der Waals surface area contributed by atoms with Crippen LogP contribution < -0.4 is 14.8 Å². The number of anilines is 1. The Morgan fingerprint density at radius 3 is 2.20 bits per heavy atom. The van der Waals surface area contributed by atoms with Gasteiger partial charge in [0.15, 0.2) is 0 Å². The predicted octanol–water partition coefficient (Wildman–Crippen LogP) is 5.73. The molecule has 7 heteroatoms. The maximum atomic E-state index is 12.2. The van der Waals surface area contributed by atoms with Gasteiger partial charge in [-0.05, 0) is 42.0 Å². The maximum absolute atomic E-state index is 12.2. The van der Waals surface area contributed by atoms with Gasteiger partial charge in [0.1, 0.15) is 11.4 Å². The molecule has 0 aliphatic rings. The molecule has 0 aliphatic carbocycles. The van der Waals surface area contributed by atoms with Crippen molar-refractivity contribution in [1.82, 2.24) is 9.78 Å². The monoisotopic (exact) mass is 469 g/mol. The third-order valence-corrected chi connectivity index (χ3v) is 5.41. The molecular formula is C28H27N3O4. The van der Waals surface area contributed by atoms with E-state index in [2.05, 4.69) is 5.32 Å². The molecule has 0 spiro atoms. The molecule has 0 saturated carbocycles. The summed E-state index contributed by atoms with van der Waals surface area (Å²) in [5.41, 5.74) is 4.18. The van der Waals surface area contributed by atoms with E-state index in [9.17, 15) is 9.59 Å². The van der Waals surface area contributed by atoms with Crippen LogP contribution in [0.2, 0.25) is 0 Å². The molecule has 0 saturated heterocycles. The van der Waals surface area contributed by atoms with Crippen molar-refractivity contribution in [2.24, 2.45) is 5.92 Å². The van der Waals surface area contributed by atoms with Crippen molar-refractivity contribution in [2.45, 2.75) is 20.8 Å². The van der Waals surface area contributed by atoms with Crippen molar-refractivity contribution in [1.29, 1.82) is 0 Å². The van der Waals surface area contributed by atoms with Crippen molar-refractivity contribution in [2.75, 3.05) is 12.4 Å². The van der Waals surface area contributed by atoms with E-state index >= 15 is 0 Å².